The van der Waals surface area contributed by atoms with Crippen LogP contribution in [0.2, 0.25) is 157 Å². The molecule has 0 aliphatic heterocycles. The van der Waals surface area contributed by atoms with Crippen LogP contribution in [0.3, 0.4) is 0 Å². The minimum absolute atomic E-state index is 0. The van der Waals surface area contributed by atoms with E-state index in [0.717, 1.165) is 96.0 Å². The van der Waals surface area contributed by atoms with Gasteiger partial charge in [-0.3, -0.25) is 0 Å². The summed E-state index contributed by atoms with van der Waals surface area (Å²) in [5, 5.41) is 11.5. The molecule has 0 bridgehead atoms. The fourth-order valence-corrected chi connectivity index (χ4v) is 27.4. The Kier molecular flexibility index (Phi) is 50.5. The van der Waals surface area contributed by atoms with Crippen LogP contribution in [0.4, 0.5) is 0 Å². The molecule has 17 rings (SSSR count). The fraction of sp³-hybridized carbons (Fsp3) is 0.312. The van der Waals surface area contributed by atoms with Gasteiger partial charge in [-0.2, -0.15) is 0 Å². The van der Waals surface area contributed by atoms with Gasteiger partial charge in [-0.1, -0.05) is 313 Å². The molecule has 0 saturated heterocycles. The van der Waals surface area contributed by atoms with Crippen molar-refractivity contribution in [2.24, 2.45) is 0 Å². The van der Waals surface area contributed by atoms with Crippen LogP contribution in [0.5, 0.6) is 0 Å². The van der Waals surface area contributed by atoms with Gasteiger partial charge in [-0.05, 0) is 131 Å². The largest absolute Gasteiger partial charge is 0.305 e. The van der Waals surface area contributed by atoms with Gasteiger partial charge >= 0.3 is 0 Å². The molecule has 1 aliphatic rings. The maximum Gasteiger partial charge on any atom is 0.0799 e. The zero-order valence-electron chi connectivity index (χ0n) is 94.0. The van der Waals surface area contributed by atoms with Crippen molar-refractivity contribution in [2.75, 3.05) is 0 Å². The molecule has 4 radical (unpaired) electrons. The van der Waals surface area contributed by atoms with Crippen LogP contribution in [0.1, 0.15) is 116 Å². The predicted octanol–water partition coefficient (Wildman–Crippen LogP) is 30.3. The number of aromatic nitrogens is 8. The third kappa shape index (κ3) is 39.4. The number of hydrogen-bond donors (Lipinski definition) is 0. The Bertz CT molecular complexity index is 6270. The molecule has 1 saturated carbocycles. The molecule has 1 fully saturated rings. The van der Waals surface area contributed by atoms with Crippen molar-refractivity contribution >= 4 is 106 Å². The van der Waals surface area contributed by atoms with Crippen LogP contribution < -0.4 is 41.5 Å². The summed E-state index contributed by atoms with van der Waals surface area (Å²) in [6.07, 6.45) is 23.1. The van der Waals surface area contributed by atoms with E-state index in [1.54, 1.807) is 10.8 Å². The molecule has 786 valence electrons. The molecule has 8 heterocycles. The summed E-state index contributed by atoms with van der Waals surface area (Å²) in [5.41, 5.74) is 26.4. The Labute approximate surface area is 955 Å². The molecular formula is C128H158Ir4N8Si8-8. The average Bonchev–Trinajstić information content (AvgIpc) is 1.18. The van der Waals surface area contributed by atoms with Crippen molar-refractivity contribution in [3.63, 3.8) is 0 Å². The molecule has 0 amide bonds. The van der Waals surface area contributed by atoms with Gasteiger partial charge in [0.05, 0.1) is 64.6 Å². The standard InChI is InChI=1S/C19H24NSi.C19H26NSi.C18H24NSi.C16H20NSi.4C14H16NSi.4Ir/c1-21(2,3)19-14-20-18(16-11-5-4-6-12-16)13-17(19)15-9-7-8-10-15;1-7-15(3)17-12-18(16-10-8-14(2)9-11-16)20-13-19(17)21(4,5)6;1-13(2)16-11-17(15-9-7-14(3)8-10-15)19-12-18(16)20(4,5)6;1-12-6-8-14(9-7-12)15-10-13(2)16(11-17-15)18(3,4)5;4*1-16(2,3)13-9-10-14(15-11-13)12-7-5-4-6-8-12;;;;/h4-6,11,13-15H,7-10H2,1-3H3;8-10,12-13,15H,7H2,1-6H3;7-9,11-13H,1-6H3;6-8,10-11H,1-5H3;4*4-7,9-11H,1-3H3;;;;/q8*-1;;;;. The molecule has 8 aromatic heterocycles. The van der Waals surface area contributed by atoms with Gasteiger partial charge < -0.3 is 39.9 Å². The third-order valence-corrected chi connectivity index (χ3v) is 42.2. The minimum Gasteiger partial charge on any atom is -0.305 e. The van der Waals surface area contributed by atoms with E-state index in [9.17, 15) is 0 Å². The van der Waals surface area contributed by atoms with Crippen molar-refractivity contribution in [2.45, 2.75) is 262 Å². The topological polar surface area (TPSA) is 103 Å². The molecule has 16 aromatic rings. The summed E-state index contributed by atoms with van der Waals surface area (Å²) in [6, 6.07) is 111. The first-order valence-corrected chi connectivity index (χ1v) is 79.5. The van der Waals surface area contributed by atoms with Crippen molar-refractivity contribution in [1.82, 2.24) is 39.9 Å². The van der Waals surface area contributed by atoms with Crippen molar-refractivity contribution < 1.29 is 80.4 Å². The van der Waals surface area contributed by atoms with Crippen LogP contribution in [0.25, 0.3) is 90.1 Å². The van der Waals surface area contributed by atoms with Gasteiger partial charge in [0, 0.05) is 130 Å². The summed E-state index contributed by atoms with van der Waals surface area (Å²) in [6.45, 7) is 74.2. The summed E-state index contributed by atoms with van der Waals surface area (Å²) in [7, 11) is -10.3. The van der Waals surface area contributed by atoms with Crippen LogP contribution in [0, 0.1) is 76.2 Å². The summed E-state index contributed by atoms with van der Waals surface area (Å²) >= 11 is 0. The Balaban J connectivity index is 0.000000258. The van der Waals surface area contributed by atoms with Gasteiger partial charge in [-0.25, -0.2) is 0 Å². The first-order valence-electron chi connectivity index (χ1n) is 51.5. The van der Waals surface area contributed by atoms with Crippen molar-refractivity contribution in [1.29, 1.82) is 0 Å². The number of aryl methyl sites for hydroxylation is 4. The Morgan fingerprint density at radius 2 is 0.507 bits per heavy atom. The number of benzene rings is 8. The van der Waals surface area contributed by atoms with E-state index < -0.39 is 64.6 Å². The van der Waals surface area contributed by atoms with Gasteiger partial charge in [-0.15, -0.1) is 286 Å². The van der Waals surface area contributed by atoms with Gasteiger partial charge in [0.2, 0.25) is 0 Å². The van der Waals surface area contributed by atoms with Crippen LogP contribution >= 0.6 is 0 Å². The van der Waals surface area contributed by atoms with E-state index >= 15 is 0 Å². The summed E-state index contributed by atoms with van der Waals surface area (Å²) in [4.78, 5) is 36.9. The fourth-order valence-electron chi connectivity index (χ4n) is 16.6. The van der Waals surface area contributed by atoms with Crippen molar-refractivity contribution in [3.05, 3.63) is 386 Å². The third-order valence-electron chi connectivity index (χ3n) is 25.9. The Hall–Kier alpha value is -8.71. The molecule has 8 aromatic carbocycles. The first-order chi connectivity index (χ1) is 67.8. The predicted molar refractivity (Wildman–Crippen MR) is 645 cm³/mol. The Morgan fingerprint density at radius 3 is 0.743 bits per heavy atom. The Morgan fingerprint density at radius 1 is 0.257 bits per heavy atom. The van der Waals surface area contributed by atoms with E-state index in [2.05, 4.69) is 432 Å². The molecule has 1 atom stereocenters. The molecular weight excluding hydrogens is 2640 g/mol. The second-order valence-corrected chi connectivity index (χ2v) is 87.2. The number of nitrogens with zero attached hydrogens (tertiary/aromatic N) is 8. The zero-order chi connectivity index (χ0) is 105. The van der Waals surface area contributed by atoms with Gasteiger partial charge in [0.15, 0.2) is 0 Å². The second kappa shape index (κ2) is 58.4. The molecule has 148 heavy (non-hydrogen) atoms. The smallest absolute Gasteiger partial charge is 0.0799 e. The zero-order valence-corrected chi connectivity index (χ0v) is 112. The van der Waals surface area contributed by atoms with Crippen molar-refractivity contribution in [3.8, 4) is 90.1 Å². The quantitative estimate of drug-likeness (QED) is 0.0549. The molecule has 0 spiro atoms. The monoisotopic (exact) mass is 2800 g/mol. The van der Waals surface area contributed by atoms with Crippen LogP contribution in [0.15, 0.2) is 298 Å². The van der Waals surface area contributed by atoms with E-state index in [0.29, 0.717) is 11.8 Å². The second-order valence-electron chi connectivity index (χ2n) is 46.7. The first kappa shape index (κ1) is 128. The molecule has 20 heteroatoms. The summed E-state index contributed by atoms with van der Waals surface area (Å²) in [5.74, 6) is 1.86. The minimum atomic E-state index is -1.36. The average molecular weight is 2800 g/mol. The van der Waals surface area contributed by atoms with E-state index in [-0.39, 0.29) is 80.4 Å². The van der Waals surface area contributed by atoms with E-state index in [4.69, 9.17) is 15.0 Å². The summed E-state index contributed by atoms with van der Waals surface area (Å²) < 4.78 is 0. The van der Waals surface area contributed by atoms with Crippen LogP contribution in [-0.2, 0) is 80.4 Å². The van der Waals surface area contributed by atoms with Gasteiger partial charge in [0.25, 0.3) is 0 Å². The number of rotatable bonds is 20. The van der Waals surface area contributed by atoms with Gasteiger partial charge in [0.1, 0.15) is 0 Å². The number of pyridine rings is 8. The normalized spacial score (nSPS) is 12.2. The molecule has 1 unspecified atom stereocenters. The molecule has 0 N–H and O–H groups in total. The number of hydrogen-bond acceptors (Lipinski definition) is 8. The van der Waals surface area contributed by atoms with E-state index in [1.807, 2.05) is 152 Å². The maximum absolute atomic E-state index is 4.75. The van der Waals surface area contributed by atoms with E-state index in [1.165, 1.54) is 102 Å². The molecule has 8 nitrogen and oxygen atoms in total. The SMILES string of the molecule is CCC(C)c1cc(-c2[c-]cc(C)cc2)ncc1[Si](C)(C)C.C[Si](C)(C)c1ccc(-c2[c-]cccc2)nc1.C[Si](C)(C)c1ccc(-c2[c-]cccc2)nc1.C[Si](C)(C)c1ccc(-c2[c-]cccc2)nc1.C[Si](C)(C)c1ccc(-c2[c-]cccc2)nc1.C[Si](C)(C)c1cnc(-c2[c-]cccc2)cc1C1CCCC1.Cc1c[c-]c(-c2cc(C(C)C)c([Si](C)(C)C)cn2)cc1.Cc1c[c-]c(-c2cc(C)c([Si](C)(C)C)cn2)cc1.[Ir].[Ir].[Ir].[Ir]. The van der Waals surface area contributed by atoms with Crippen LogP contribution in [-0.4, -0.2) is 104 Å². The maximum atomic E-state index is 4.75. The molecule has 1 aliphatic carbocycles.